The van der Waals surface area contributed by atoms with E-state index >= 15 is 0 Å². The van der Waals surface area contributed by atoms with Crippen LogP contribution in [0.4, 0.5) is 5.69 Å². The number of ether oxygens (including phenoxy) is 2. The zero-order valence-electron chi connectivity index (χ0n) is 19.2. The maximum Gasteiger partial charge on any atom is 0.158 e. The second-order valence-electron chi connectivity index (χ2n) is 9.26. The van der Waals surface area contributed by atoms with Gasteiger partial charge in [0.1, 0.15) is 11.9 Å². The van der Waals surface area contributed by atoms with E-state index in [1.807, 2.05) is 56.0 Å². The maximum atomic E-state index is 10.3. The molecule has 2 fully saturated rings. The number of nitrogens with zero attached hydrogens (tertiary/aromatic N) is 4. The maximum absolute atomic E-state index is 10.3. The number of hydrogen-bond donors (Lipinski definition) is 2. The first-order valence-corrected chi connectivity index (χ1v) is 11.9. The van der Waals surface area contributed by atoms with Crippen LogP contribution in [-0.4, -0.2) is 44.3 Å². The summed E-state index contributed by atoms with van der Waals surface area (Å²) in [5.74, 6) is 1.59. The van der Waals surface area contributed by atoms with E-state index in [1.54, 1.807) is 4.68 Å². The van der Waals surface area contributed by atoms with Crippen molar-refractivity contribution < 1.29 is 14.6 Å². The number of aromatic nitrogens is 3. The number of anilines is 1. The number of aliphatic hydroxyl groups is 1. The SMILES string of the molecule is Cn1ccc(-c2cc(CN3C=C(C4OC4N[C@H]4CCCC[C@@H]4O)Oc4ccccc43)ccn2)n1. The lowest BCUT2D eigenvalue weighted by Gasteiger charge is -2.29. The zero-order chi connectivity index (χ0) is 23.1. The van der Waals surface area contributed by atoms with Gasteiger partial charge in [-0.05, 0) is 48.7 Å². The number of fused-ring (bicyclic) bond motifs is 1. The molecule has 0 spiro atoms. The second kappa shape index (κ2) is 8.87. The number of epoxide rings is 1. The van der Waals surface area contributed by atoms with Gasteiger partial charge in [0.2, 0.25) is 0 Å². The summed E-state index contributed by atoms with van der Waals surface area (Å²) in [6.07, 6.45) is 9.23. The molecule has 1 saturated carbocycles. The van der Waals surface area contributed by atoms with Crippen LogP contribution >= 0.6 is 0 Å². The molecule has 1 aromatic carbocycles. The normalized spacial score (nSPS) is 25.9. The van der Waals surface area contributed by atoms with E-state index in [0.29, 0.717) is 6.54 Å². The summed E-state index contributed by atoms with van der Waals surface area (Å²) in [5, 5.41) is 18.3. The molecular formula is C26H29N5O3. The number of pyridine rings is 1. The van der Waals surface area contributed by atoms with Gasteiger partial charge in [0.25, 0.3) is 0 Å². The van der Waals surface area contributed by atoms with Gasteiger partial charge in [0.05, 0.1) is 17.5 Å². The Hall–Kier alpha value is -3.20. The summed E-state index contributed by atoms with van der Waals surface area (Å²) in [6, 6.07) is 14.2. The topological polar surface area (TPSA) is 88.0 Å². The predicted octanol–water partition coefficient (Wildman–Crippen LogP) is 3.34. The fourth-order valence-electron chi connectivity index (χ4n) is 4.85. The van der Waals surface area contributed by atoms with Gasteiger partial charge in [0.15, 0.2) is 17.6 Å². The number of aliphatic hydroxyl groups excluding tert-OH is 1. The molecule has 0 amide bonds. The minimum atomic E-state index is -0.308. The van der Waals surface area contributed by atoms with Gasteiger partial charge in [-0.3, -0.25) is 15.0 Å². The van der Waals surface area contributed by atoms with Crippen LogP contribution in [0.1, 0.15) is 31.2 Å². The first-order chi connectivity index (χ1) is 16.6. The molecule has 176 valence electrons. The number of nitrogens with one attached hydrogen (secondary N) is 1. The van der Waals surface area contributed by atoms with Gasteiger partial charge in [-0.25, -0.2) is 0 Å². The molecule has 2 aromatic heterocycles. The summed E-state index contributed by atoms with van der Waals surface area (Å²) < 4.78 is 14.0. The number of rotatable bonds is 6. The summed E-state index contributed by atoms with van der Waals surface area (Å²) in [4.78, 5) is 6.70. The van der Waals surface area contributed by atoms with Crippen molar-refractivity contribution in [2.45, 2.75) is 56.7 Å². The highest BCUT2D eigenvalue weighted by Gasteiger charge is 2.47. The lowest BCUT2D eigenvalue weighted by Crippen LogP contribution is -2.44. The van der Waals surface area contributed by atoms with Crippen molar-refractivity contribution >= 4 is 5.69 Å². The number of hydrogen-bond acceptors (Lipinski definition) is 7. The second-order valence-corrected chi connectivity index (χ2v) is 9.26. The standard InChI is InChI=1S/C26H29N5O3/c1-30-13-11-18(29-30)20-14-17(10-12-27-20)15-31-16-24(33-23-9-5-3-7-21(23)31)25-26(34-25)28-19-6-2-4-8-22(19)32/h3,5,7,9-14,16,19,22,25-26,28,32H,2,4,6,8,15H2,1H3/t19-,22-,25?,26?/m0/s1. The molecular weight excluding hydrogens is 430 g/mol. The minimum absolute atomic E-state index is 0.0816. The Bertz CT molecular complexity index is 1210. The molecule has 2 N–H and O–H groups in total. The highest BCUT2D eigenvalue weighted by Crippen LogP contribution is 2.40. The number of benzene rings is 1. The molecule has 4 heterocycles. The molecule has 8 nitrogen and oxygen atoms in total. The van der Waals surface area contributed by atoms with Crippen molar-refractivity contribution in [3.05, 3.63) is 72.4 Å². The van der Waals surface area contributed by atoms with Crippen LogP contribution in [0.5, 0.6) is 5.75 Å². The quantitative estimate of drug-likeness (QED) is 0.547. The zero-order valence-corrected chi connectivity index (χ0v) is 19.2. The summed E-state index contributed by atoms with van der Waals surface area (Å²) in [6.45, 7) is 0.665. The fraction of sp³-hybridized carbons (Fsp3) is 0.385. The third-order valence-electron chi connectivity index (χ3n) is 6.72. The summed E-state index contributed by atoms with van der Waals surface area (Å²) in [5.41, 5.74) is 3.84. The molecule has 8 heteroatoms. The van der Waals surface area contributed by atoms with E-state index in [9.17, 15) is 5.11 Å². The lowest BCUT2D eigenvalue weighted by atomic mass is 9.92. The Kier molecular flexibility index (Phi) is 5.57. The Morgan fingerprint density at radius 1 is 1.12 bits per heavy atom. The smallest absolute Gasteiger partial charge is 0.158 e. The van der Waals surface area contributed by atoms with E-state index in [-0.39, 0.29) is 24.5 Å². The van der Waals surface area contributed by atoms with Crippen molar-refractivity contribution in [3.8, 4) is 17.1 Å². The van der Waals surface area contributed by atoms with Gasteiger partial charge >= 0.3 is 0 Å². The average Bonchev–Trinajstić information content (AvgIpc) is 3.49. The largest absolute Gasteiger partial charge is 0.455 e. The molecule has 0 bridgehead atoms. The van der Waals surface area contributed by atoms with Crippen LogP contribution in [0.3, 0.4) is 0 Å². The monoisotopic (exact) mass is 459 g/mol. The van der Waals surface area contributed by atoms with Crippen molar-refractivity contribution in [1.82, 2.24) is 20.1 Å². The Balaban J connectivity index is 1.21. The summed E-state index contributed by atoms with van der Waals surface area (Å²) >= 11 is 0. The molecule has 2 aliphatic heterocycles. The molecule has 1 aliphatic carbocycles. The van der Waals surface area contributed by atoms with E-state index in [1.165, 1.54) is 0 Å². The van der Waals surface area contributed by atoms with Gasteiger partial charge in [-0.1, -0.05) is 25.0 Å². The molecule has 1 saturated heterocycles. The van der Waals surface area contributed by atoms with Crippen molar-refractivity contribution in [3.63, 3.8) is 0 Å². The van der Waals surface area contributed by atoms with E-state index < -0.39 is 0 Å². The van der Waals surface area contributed by atoms with Gasteiger partial charge < -0.3 is 19.5 Å². The van der Waals surface area contributed by atoms with E-state index in [0.717, 1.165) is 59.8 Å². The van der Waals surface area contributed by atoms with Crippen molar-refractivity contribution in [1.29, 1.82) is 0 Å². The average molecular weight is 460 g/mol. The van der Waals surface area contributed by atoms with Crippen LogP contribution in [0.15, 0.2) is 66.8 Å². The van der Waals surface area contributed by atoms with Crippen molar-refractivity contribution in [2.75, 3.05) is 4.90 Å². The van der Waals surface area contributed by atoms with Crippen LogP contribution in [0.2, 0.25) is 0 Å². The Morgan fingerprint density at radius 3 is 2.85 bits per heavy atom. The number of aryl methyl sites for hydroxylation is 1. The molecule has 0 radical (unpaired) electrons. The third kappa shape index (κ3) is 4.32. The molecule has 2 unspecified atom stereocenters. The van der Waals surface area contributed by atoms with Crippen LogP contribution in [0, 0.1) is 0 Å². The Morgan fingerprint density at radius 2 is 2.00 bits per heavy atom. The minimum Gasteiger partial charge on any atom is -0.455 e. The molecule has 3 aromatic rings. The third-order valence-corrected chi connectivity index (χ3v) is 6.72. The fourth-order valence-corrected chi connectivity index (χ4v) is 4.85. The van der Waals surface area contributed by atoms with Crippen molar-refractivity contribution in [2.24, 2.45) is 7.05 Å². The molecule has 4 atom stereocenters. The highest BCUT2D eigenvalue weighted by atomic mass is 16.6. The number of para-hydroxylation sites is 2. The summed E-state index contributed by atoms with van der Waals surface area (Å²) in [7, 11) is 1.90. The van der Waals surface area contributed by atoms with E-state index in [2.05, 4.69) is 32.4 Å². The highest BCUT2D eigenvalue weighted by molar-refractivity contribution is 5.64. The van der Waals surface area contributed by atoms with Crippen LogP contribution < -0.4 is 15.0 Å². The first-order valence-electron chi connectivity index (χ1n) is 11.9. The van der Waals surface area contributed by atoms with Crippen LogP contribution in [-0.2, 0) is 18.3 Å². The van der Waals surface area contributed by atoms with Crippen LogP contribution in [0.25, 0.3) is 11.4 Å². The van der Waals surface area contributed by atoms with Gasteiger partial charge in [-0.2, -0.15) is 5.10 Å². The molecule has 34 heavy (non-hydrogen) atoms. The molecule has 3 aliphatic rings. The predicted molar refractivity (Wildman–Crippen MR) is 128 cm³/mol. The molecule has 6 rings (SSSR count). The first kappa shape index (κ1) is 21.3. The Labute approximate surface area is 198 Å². The van der Waals surface area contributed by atoms with Gasteiger partial charge in [0, 0.05) is 38.2 Å². The lowest BCUT2D eigenvalue weighted by molar-refractivity contribution is 0.0841. The van der Waals surface area contributed by atoms with Gasteiger partial charge in [-0.15, -0.1) is 0 Å². The van der Waals surface area contributed by atoms with E-state index in [4.69, 9.17) is 9.47 Å².